The van der Waals surface area contributed by atoms with Crippen LogP contribution in [-0.4, -0.2) is 42.5 Å². The minimum Gasteiger partial charge on any atom is -0.395 e. The summed E-state index contributed by atoms with van der Waals surface area (Å²) in [4.78, 5) is 12.8. The van der Waals surface area contributed by atoms with Gasteiger partial charge in [0.15, 0.2) is 0 Å². The van der Waals surface area contributed by atoms with E-state index >= 15 is 0 Å². The van der Waals surface area contributed by atoms with Gasteiger partial charge in [-0.15, -0.1) is 0 Å². The van der Waals surface area contributed by atoms with E-state index in [4.69, 9.17) is 0 Å². The summed E-state index contributed by atoms with van der Waals surface area (Å²) in [6, 6.07) is 0. The molecule has 0 fully saturated rings. The maximum atomic E-state index is 10.5. The van der Waals surface area contributed by atoms with Crippen molar-refractivity contribution in [1.29, 1.82) is 0 Å². The molecule has 198 valence electrons. The third-order valence-corrected chi connectivity index (χ3v) is 7.23. The van der Waals surface area contributed by atoms with E-state index in [1.54, 1.807) is 0 Å². The van der Waals surface area contributed by atoms with Gasteiger partial charge in [-0.25, -0.2) is 0 Å². The molecule has 0 saturated carbocycles. The molecular weight excluding hydrogens is 406 g/mol. The molecule has 0 rings (SSSR count). The first-order valence-corrected chi connectivity index (χ1v) is 15.0. The average molecular weight is 468 g/mol. The maximum Gasteiger partial charge on any atom is 0.120 e. The molecule has 0 aliphatic carbocycles. The smallest absolute Gasteiger partial charge is 0.120 e. The van der Waals surface area contributed by atoms with Crippen LogP contribution in [0.15, 0.2) is 0 Å². The Bertz CT molecular complexity index is 358. The van der Waals surface area contributed by atoms with E-state index < -0.39 is 0 Å². The lowest BCUT2D eigenvalue weighted by Crippen LogP contribution is -2.29. The summed E-state index contributed by atoms with van der Waals surface area (Å²) in [5.41, 5.74) is 0. The molecule has 0 heterocycles. The molecule has 3 nitrogen and oxygen atoms in total. The van der Waals surface area contributed by atoms with Crippen molar-refractivity contribution < 1.29 is 9.90 Å². The SMILES string of the molecule is CCCCCCCCC(CCCCCCCC)CCCCCCCN(CCO)CCCC=O. The molecule has 0 unspecified atom stereocenters. The molecule has 0 aliphatic heterocycles. The van der Waals surface area contributed by atoms with Crippen molar-refractivity contribution in [3.05, 3.63) is 0 Å². The molecule has 0 atom stereocenters. The van der Waals surface area contributed by atoms with Crippen molar-refractivity contribution in [2.24, 2.45) is 5.92 Å². The molecule has 33 heavy (non-hydrogen) atoms. The van der Waals surface area contributed by atoms with E-state index in [0.717, 1.165) is 38.3 Å². The number of hydrogen-bond acceptors (Lipinski definition) is 3. The maximum absolute atomic E-state index is 10.5. The third-order valence-electron chi connectivity index (χ3n) is 7.23. The lowest BCUT2D eigenvalue weighted by molar-refractivity contribution is -0.108. The Morgan fingerprint density at radius 2 is 1.00 bits per heavy atom. The molecule has 1 N–H and O–H groups in total. The first-order chi connectivity index (χ1) is 16.3. The summed E-state index contributed by atoms with van der Waals surface area (Å²) in [5.74, 6) is 0.972. The van der Waals surface area contributed by atoms with E-state index in [1.807, 2.05) is 0 Å². The summed E-state index contributed by atoms with van der Waals surface area (Å²) in [5, 5.41) is 9.24. The van der Waals surface area contributed by atoms with Crippen LogP contribution < -0.4 is 0 Å². The highest BCUT2D eigenvalue weighted by molar-refractivity contribution is 5.48. The zero-order valence-corrected chi connectivity index (χ0v) is 22.8. The summed E-state index contributed by atoms with van der Waals surface area (Å²) in [6.45, 7) is 7.59. The van der Waals surface area contributed by atoms with Gasteiger partial charge in [-0.2, -0.15) is 0 Å². The van der Waals surface area contributed by atoms with Crippen molar-refractivity contribution in [3.63, 3.8) is 0 Å². The predicted molar refractivity (Wildman–Crippen MR) is 146 cm³/mol. The molecule has 0 spiro atoms. The Morgan fingerprint density at radius 1 is 0.576 bits per heavy atom. The van der Waals surface area contributed by atoms with Gasteiger partial charge < -0.3 is 14.8 Å². The van der Waals surface area contributed by atoms with Crippen LogP contribution >= 0.6 is 0 Å². The molecule has 0 radical (unpaired) electrons. The fraction of sp³-hybridized carbons (Fsp3) is 0.967. The van der Waals surface area contributed by atoms with Crippen LogP contribution in [-0.2, 0) is 4.79 Å². The first kappa shape index (κ1) is 32.6. The normalized spacial score (nSPS) is 11.7. The second kappa shape index (κ2) is 27.8. The predicted octanol–water partition coefficient (Wildman–Crippen LogP) is 8.72. The van der Waals surface area contributed by atoms with Crippen LogP contribution in [0.2, 0.25) is 0 Å². The molecule has 0 aromatic rings. The molecular formula is C30H61NO2. The highest BCUT2D eigenvalue weighted by Crippen LogP contribution is 2.24. The number of hydrogen-bond donors (Lipinski definition) is 1. The average Bonchev–Trinajstić information content (AvgIpc) is 2.82. The van der Waals surface area contributed by atoms with Crippen molar-refractivity contribution in [1.82, 2.24) is 4.90 Å². The van der Waals surface area contributed by atoms with Crippen molar-refractivity contribution in [2.45, 2.75) is 155 Å². The number of aldehydes is 1. The number of carbonyl (C=O) groups excluding carboxylic acids is 1. The summed E-state index contributed by atoms with van der Waals surface area (Å²) < 4.78 is 0. The van der Waals surface area contributed by atoms with Gasteiger partial charge in [-0.3, -0.25) is 0 Å². The highest BCUT2D eigenvalue weighted by Gasteiger charge is 2.09. The van der Waals surface area contributed by atoms with Gasteiger partial charge in [0.05, 0.1) is 6.61 Å². The fourth-order valence-electron chi connectivity index (χ4n) is 5.03. The van der Waals surface area contributed by atoms with Crippen LogP contribution in [0.3, 0.4) is 0 Å². The van der Waals surface area contributed by atoms with Gasteiger partial charge in [-0.05, 0) is 31.8 Å². The monoisotopic (exact) mass is 467 g/mol. The molecule has 0 saturated heterocycles. The molecule has 0 aromatic carbocycles. The Kier molecular flexibility index (Phi) is 27.5. The van der Waals surface area contributed by atoms with Crippen molar-refractivity contribution in [3.8, 4) is 0 Å². The van der Waals surface area contributed by atoms with Crippen molar-refractivity contribution in [2.75, 3.05) is 26.2 Å². The number of aliphatic hydroxyl groups is 1. The van der Waals surface area contributed by atoms with E-state index in [-0.39, 0.29) is 6.61 Å². The second-order valence-electron chi connectivity index (χ2n) is 10.4. The first-order valence-electron chi connectivity index (χ1n) is 15.0. The molecule has 3 heteroatoms. The Balaban J connectivity index is 3.96. The van der Waals surface area contributed by atoms with Crippen LogP contribution in [0.5, 0.6) is 0 Å². The minimum absolute atomic E-state index is 0.222. The third kappa shape index (κ3) is 24.5. The number of rotatable bonds is 28. The zero-order chi connectivity index (χ0) is 24.2. The van der Waals surface area contributed by atoms with E-state index in [2.05, 4.69) is 18.7 Å². The van der Waals surface area contributed by atoms with Gasteiger partial charge in [-0.1, -0.05) is 136 Å². The number of unbranched alkanes of at least 4 members (excludes halogenated alkanes) is 15. The minimum atomic E-state index is 0.222. The van der Waals surface area contributed by atoms with Crippen molar-refractivity contribution >= 4 is 6.29 Å². The topological polar surface area (TPSA) is 40.5 Å². The number of nitrogens with zero attached hydrogens (tertiary/aromatic N) is 1. The number of carbonyl (C=O) groups is 1. The molecule has 0 amide bonds. The highest BCUT2D eigenvalue weighted by atomic mass is 16.3. The lowest BCUT2D eigenvalue weighted by Gasteiger charge is -2.20. The van der Waals surface area contributed by atoms with Gasteiger partial charge >= 0.3 is 0 Å². The van der Waals surface area contributed by atoms with E-state index in [0.29, 0.717) is 6.42 Å². The van der Waals surface area contributed by atoms with Gasteiger partial charge in [0.2, 0.25) is 0 Å². The Morgan fingerprint density at radius 3 is 1.45 bits per heavy atom. The molecule has 0 aromatic heterocycles. The largest absolute Gasteiger partial charge is 0.395 e. The summed E-state index contributed by atoms with van der Waals surface area (Å²) in [6.07, 6.45) is 30.7. The Labute approximate surface area is 208 Å². The quantitative estimate of drug-likeness (QED) is 0.0923. The lowest BCUT2D eigenvalue weighted by atomic mass is 9.89. The van der Waals surface area contributed by atoms with Crippen LogP contribution in [0.4, 0.5) is 0 Å². The molecule has 0 bridgehead atoms. The standard InChI is InChI=1S/C30H61NO2/c1-3-5-7-9-12-16-22-30(23-17-13-10-8-6-4-2)24-18-14-11-15-19-25-31(27-29-33)26-20-21-28-32/h28,30,33H,3-27,29H2,1-2H3. The van der Waals surface area contributed by atoms with Gasteiger partial charge in [0.25, 0.3) is 0 Å². The van der Waals surface area contributed by atoms with Crippen LogP contribution in [0.1, 0.15) is 155 Å². The number of aliphatic hydroxyl groups excluding tert-OH is 1. The van der Waals surface area contributed by atoms with Gasteiger partial charge in [0, 0.05) is 13.0 Å². The van der Waals surface area contributed by atoms with Gasteiger partial charge in [0.1, 0.15) is 6.29 Å². The summed E-state index contributed by atoms with van der Waals surface area (Å²) in [7, 11) is 0. The van der Waals surface area contributed by atoms with Crippen LogP contribution in [0, 0.1) is 5.92 Å². The Hall–Kier alpha value is -0.410. The fourth-order valence-corrected chi connectivity index (χ4v) is 5.03. The van der Waals surface area contributed by atoms with Crippen LogP contribution in [0.25, 0.3) is 0 Å². The van der Waals surface area contributed by atoms with E-state index in [1.165, 1.54) is 128 Å². The zero-order valence-electron chi connectivity index (χ0n) is 22.8. The van der Waals surface area contributed by atoms with E-state index in [9.17, 15) is 9.90 Å². The molecule has 0 aliphatic rings. The summed E-state index contributed by atoms with van der Waals surface area (Å²) >= 11 is 0. The second-order valence-corrected chi connectivity index (χ2v) is 10.4.